The highest BCUT2D eigenvalue weighted by atomic mass is 32.2. The van der Waals surface area contributed by atoms with E-state index in [1.807, 2.05) is 0 Å². The maximum absolute atomic E-state index is 9.92. The molecule has 0 aromatic carbocycles. The normalized spacial score (nSPS) is 30.6. The van der Waals surface area contributed by atoms with E-state index in [9.17, 15) is 8.76 Å². The third-order valence-corrected chi connectivity index (χ3v) is 2.81. The van der Waals surface area contributed by atoms with Crippen LogP contribution in [0.1, 0.15) is 12.8 Å². The van der Waals surface area contributed by atoms with Gasteiger partial charge in [0.25, 0.3) is 0 Å². The highest BCUT2D eigenvalue weighted by Gasteiger charge is 2.15. The molecule has 2 atom stereocenters. The zero-order chi connectivity index (χ0) is 6.69. The second-order valence-corrected chi connectivity index (χ2v) is 3.61. The van der Waals surface area contributed by atoms with Crippen molar-refractivity contribution in [2.75, 3.05) is 5.75 Å². The van der Waals surface area contributed by atoms with Gasteiger partial charge < -0.3 is 4.55 Å². The van der Waals surface area contributed by atoms with Crippen molar-refractivity contribution in [3.05, 3.63) is 0 Å². The van der Waals surface area contributed by atoms with Gasteiger partial charge in [-0.2, -0.15) is 0 Å². The summed E-state index contributed by atoms with van der Waals surface area (Å²) < 4.78 is 24.3. The second kappa shape index (κ2) is 3.55. The minimum Gasteiger partial charge on any atom is -0.750 e. The maximum Gasteiger partial charge on any atom is 0.119 e. The molecule has 1 aliphatic heterocycles. The minimum atomic E-state index is -2.33. The van der Waals surface area contributed by atoms with Crippen molar-refractivity contribution in [1.29, 1.82) is 0 Å². The van der Waals surface area contributed by atoms with Crippen LogP contribution in [-0.4, -0.2) is 20.0 Å². The standard InChI is InChI=1S/C4H8O3S2/c5-9(6)7-4-2-1-3-8-4/h4H,1-3H2,(H,5,6)/p-1. The Morgan fingerprint density at radius 3 is 3.00 bits per heavy atom. The molecule has 2 unspecified atom stereocenters. The van der Waals surface area contributed by atoms with E-state index in [4.69, 9.17) is 0 Å². The van der Waals surface area contributed by atoms with E-state index in [0.29, 0.717) is 0 Å². The van der Waals surface area contributed by atoms with Gasteiger partial charge in [-0.05, 0) is 18.6 Å². The average molecular weight is 167 g/mol. The zero-order valence-electron chi connectivity index (χ0n) is 4.74. The van der Waals surface area contributed by atoms with Crippen molar-refractivity contribution < 1.29 is 12.9 Å². The molecule has 1 fully saturated rings. The van der Waals surface area contributed by atoms with E-state index in [-0.39, 0.29) is 5.44 Å². The minimum absolute atomic E-state index is 0.108. The lowest BCUT2D eigenvalue weighted by molar-refractivity contribution is 0.274. The van der Waals surface area contributed by atoms with E-state index in [0.717, 1.165) is 18.6 Å². The first-order valence-electron chi connectivity index (χ1n) is 2.67. The molecule has 0 aliphatic carbocycles. The molecular formula is C4H7O3S2-. The number of hydrogen-bond donors (Lipinski definition) is 0. The van der Waals surface area contributed by atoms with Crippen LogP contribution in [0.3, 0.4) is 0 Å². The van der Waals surface area contributed by atoms with Crippen LogP contribution in [0, 0.1) is 0 Å². The molecule has 5 heteroatoms. The van der Waals surface area contributed by atoms with E-state index in [1.54, 1.807) is 11.8 Å². The predicted molar refractivity (Wildman–Crippen MR) is 35.5 cm³/mol. The van der Waals surface area contributed by atoms with Crippen LogP contribution in [0.15, 0.2) is 0 Å². The Balaban J connectivity index is 2.19. The summed E-state index contributed by atoms with van der Waals surface area (Å²) in [5.74, 6) is 1.02. The molecule has 1 aliphatic rings. The molecule has 54 valence electrons. The molecule has 1 saturated heterocycles. The van der Waals surface area contributed by atoms with Gasteiger partial charge in [0, 0.05) is 0 Å². The summed E-state index contributed by atoms with van der Waals surface area (Å²) >= 11 is -0.771. The fraction of sp³-hybridized carbons (Fsp3) is 1.00. The smallest absolute Gasteiger partial charge is 0.119 e. The quantitative estimate of drug-likeness (QED) is 0.567. The summed E-state index contributed by atoms with van der Waals surface area (Å²) in [5, 5.41) is 0. The molecule has 0 spiro atoms. The molecule has 0 radical (unpaired) electrons. The number of hydrogen-bond acceptors (Lipinski definition) is 4. The first kappa shape index (κ1) is 7.53. The van der Waals surface area contributed by atoms with Crippen molar-refractivity contribution >= 4 is 23.1 Å². The molecule has 0 aromatic heterocycles. The summed E-state index contributed by atoms with van der Waals surface area (Å²) in [7, 11) is 0. The predicted octanol–water partition coefficient (Wildman–Crippen LogP) is 0.650. The molecule has 9 heavy (non-hydrogen) atoms. The van der Waals surface area contributed by atoms with E-state index < -0.39 is 11.4 Å². The van der Waals surface area contributed by atoms with Gasteiger partial charge >= 0.3 is 0 Å². The van der Waals surface area contributed by atoms with Crippen molar-refractivity contribution in [1.82, 2.24) is 0 Å². The van der Waals surface area contributed by atoms with Gasteiger partial charge in [-0.3, -0.25) is 4.18 Å². The van der Waals surface area contributed by atoms with Crippen molar-refractivity contribution in [3.8, 4) is 0 Å². The Hall–Kier alpha value is 0.420. The van der Waals surface area contributed by atoms with Crippen LogP contribution < -0.4 is 0 Å². The molecule has 0 bridgehead atoms. The van der Waals surface area contributed by atoms with Gasteiger partial charge in [0.2, 0.25) is 0 Å². The van der Waals surface area contributed by atoms with Crippen LogP contribution in [0.2, 0.25) is 0 Å². The van der Waals surface area contributed by atoms with Crippen LogP contribution in [0.5, 0.6) is 0 Å². The van der Waals surface area contributed by atoms with Gasteiger partial charge in [0.05, 0.1) is 11.4 Å². The largest absolute Gasteiger partial charge is 0.750 e. The summed E-state index contributed by atoms with van der Waals surface area (Å²) in [6.07, 6.45) is 1.92. The maximum atomic E-state index is 9.92. The lowest BCUT2D eigenvalue weighted by atomic mass is 10.4. The molecule has 3 nitrogen and oxygen atoms in total. The Morgan fingerprint density at radius 1 is 1.78 bits per heavy atom. The molecule has 0 N–H and O–H groups in total. The SMILES string of the molecule is O=S([O-])OC1CCCS1. The first-order chi connectivity index (χ1) is 4.29. The summed E-state index contributed by atoms with van der Waals surface area (Å²) in [6.45, 7) is 0. The van der Waals surface area contributed by atoms with Crippen LogP contribution >= 0.6 is 11.8 Å². The highest BCUT2D eigenvalue weighted by Crippen LogP contribution is 2.27. The van der Waals surface area contributed by atoms with Gasteiger partial charge in [0.15, 0.2) is 0 Å². The molecule has 0 saturated carbocycles. The van der Waals surface area contributed by atoms with Crippen molar-refractivity contribution in [2.24, 2.45) is 0 Å². The van der Waals surface area contributed by atoms with Gasteiger partial charge in [-0.25, -0.2) is 4.21 Å². The lowest BCUT2D eigenvalue weighted by Crippen LogP contribution is -2.05. The third-order valence-electron chi connectivity index (χ3n) is 1.07. The number of thioether (sulfide) groups is 1. The molecular weight excluding hydrogens is 160 g/mol. The molecule has 0 aromatic rings. The van der Waals surface area contributed by atoms with E-state index in [1.165, 1.54) is 0 Å². The Bertz CT molecular complexity index is 110. The summed E-state index contributed by atoms with van der Waals surface area (Å²) in [6, 6.07) is 0. The fourth-order valence-corrected chi connectivity index (χ4v) is 2.33. The summed E-state index contributed by atoms with van der Waals surface area (Å²) in [4.78, 5) is 0. The van der Waals surface area contributed by atoms with Gasteiger partial charge in [-0.1, -0.05) is 0 Å². The lowest BCUT2D eigenvalue weighted by Gasteiger charge is -2.10. The second-order valence-electron chi connectivity index (χ2n) is 1.74. The molecule has 0 amide bonds. The van der Waals surface area contributed by atoms with Crippen molar-refractivity contribution in [2.45, 2.75) is 18.3 Å². The van der Waals surface area contributed by atoms with E-state index >= 15 is 0 Å². The van der Waals surface area contributed by atoms with Crippen LogP contribution in [0.25, 0.3) is 0 Å². The first-order valence-corrected chi connectivity index (χ1v) is 4.72. The third kappa shape index (κ3) is 2.66. The molecule has 1 rings (SSSR count). The Morgan fingerprint density at radius 2 is 2.56 bits per heavy atom. The Kier molecular flexibility index (Phi) is 2.97. The van der Waals surface area contributed by atoms with Crippen molar-refractivity contribution in [3.63, 3.8) is 0 Å². The van der Waals surface area contributed by atoms with Crippen LogP contribution in [-0.2, 0) is 15.5 Å². The molecule has 1 heterocycles. The van der Waals surface area contributed by atoms with Crippen LogP contribution in [0.4, 0.5) is 0 Å². The highest BCUT2D eigenvalue weighted by molar-refractivity contribution is 8.00. The van der Waals surface area contributed by atoms with Gasteiger partial charge in [0.1, 0.15) is 5.44 Å². The Labute approximate surface area is 60.7 Å². The van der Waals surface area contributed by atoms with Gasteiger partial charge in [-0.15, -0.1) is 11.8 Å². The average Bonchev–Trinajstić information content (AvgIpc) is 2.15. The monoisotopic (exact) mass is 167 g/mol. The zero-order valence-corrected chi connectivity index (χ0v) is 6.37. The summed E-state index contributed by atoms with van der Waals surface area (Å²) in [5.41, 5.74) is -0.108. The number of rotatable bonds is 2. The topological polar surface area (TPSA) is 49.4 Å². The van der Waals surface area contributed by atoms with E-state index in [2.05, 4.69) is 4.18 Å². The fourth-order valence-electron chi connectivity index (χ4n) is 0.712.